The molecule has 0 bridgehead atoms. The molecule has 120 valence electrons. The smallest absolute Gasteiger partial charge is 0.274 e. The monoisotopic (exact) mass is 340 g/mol. The lowest BCUT2D eigenvalue weighted by Crippen LogP contribution is -2.39. The molecule has 0 spiro atoms. The molecular formula is C16H12N4O3S. The predicted octanol–water partition coefficient (Wildman–Crippen LogP) is 1.63. The maximum absolute atomic E-state index is 12.5. The van der Waals surface area contributed by atoms with Crippen LogP contribution in [-0.2, 0) is 0 Å². The number of hydrogen-bond donors (Lipinski definition) is 3. The summed E-state index contributed by atoms with van der Waals surface area (Å²) in [7, 11) is 0. The van der Waals surface area contributed by atoms with Gasteiger partial charge in [0, 0.05) is 11.1 Å². The molecule has 0 fully saturated rings. The van der Waals surface area contributed by atoms with E-state index in [9.17, 15) is 14.7 Å². The molecule has 0 saturated carbocycles. The molecule has 1 aromatic carbocycles. The van der Waals surface area contributed by atoms with Crippen LogP contribution in [0.25, 0.3) is 5.65 Å². The lowest BCUT2D eigenvalue weighted by Gasteiger charge is -2.13. The van der Waals surface area contributed by atoms with E-state index in [2.05, 4.69) is 15.6 Å². The number of thioether (sulfide) groups is 1. The van der Waals surface area contributed by atoms with Crippen molar-refractivity contribution < 1.29 is 9.90 Å². The van der Waals surface area contributed by atoms with Crippen LogP contribution in [0.3, 0.4) is 0 Å². The van der Waals surface area contributed by atoms with E-state index in [1.165, 1.54) is 22.4 Å². The van der Waals surface area contributed by atoms with Gasteiger partial charge in [-0.1, -0.05) is 30.0 Å². The zero-order chi connectivity index (χ0) is 16.7. The topological polar surface area (TPSA) is 95.7 Å². The number of para-hydroxylation sites is 1. The fraction of sp³-hybridized carbons (Fsp3) is 0.0625. The van der Waals surface area contributed by atoms with Crippen molar-refractivity contribution in [1.29, 1.82) is 0 Å². The quantitative estimate of drug-likeness (QED) is 0.656. The number of carbonyl (C=O) groups excluding carboxylic acids is 1. The molecule has 4 rings (SSSR count). The molecule has 8 heteroatoms. The average molecular weight is 340 g/mol. The number of aromatic nitrogens is 2. The second-order valence-corrected chi connectivity index (χ2v) is 6.30. The molecule has 3 heterocycles. The van der Waals surface area contributed by atoms with Gasteiger partial charge in [0.2, 0.25) is 5.88 Å². The highest BCUT2D eigenvalue weighted by Gasteiger charge is 2.26. The van der Waals surface area contributed by atoms with Gasteiger partial charge in [-0.3, -0.25) is 14.0 Å². The highest BCUT2D eigenvalue weighted by molar-refractivity contribution is 8.00. The number of rotatable bonds is 2. The summed E-state index contributed by atoms with van der Waals surface area (Å²) >= 11 is 1.42. The first-order valence-electron chi connectivity index (χ1n) is 7.17. The van der Waals surface area contributed by atoms with E-state index in [0.717, 1.165) is 10.6 Å². The zero-order valence-corrected chi connectivity index (χ0v) is 13.1. The average Bonchev–Trinajstić information content (AvgIpc) is 2.97. The maximum Gasteiger partial charge on any atom is 0.274 e. The first kappa shape index (κ1) is 14.6. The Morgan fingerprint density at radius 1 is 1.25 bits per heavy atom. The Labute approximate surface area is 140 Å². The number of anilines is 1. The van der Waals surface area contributed by atoms with Crippen LogP contribution in [0.5, 0.6) is 5.88 Å². The van der Waals surface area contributed by atoms with E-state index in [4.69, 9.17) is 0 Å². The highest BCUT2D eigenvalue weighted by Crippen LogP contribution is 2.36. The van der Waals surface area contributed by atoms with Gasteiger partial charge in [0.25, 0.3) is 11.5 Å². The molecule has 1 amide bonds. The van der Waals surface area contributed by atoms with Gasteiger partial charge in [0.1, 0.15) is 5.65 Å². The first-order chi connectivity index (χ1) is 11.6. The molecule has 0 radical (unpaired) electrons. The second kappa shape index (κ2) is 5.57. The van der Waals surface area contributed by atoms with Crippen molar-refractivity contribution in [2.24, 2.45) is 0 Å². The fourth-order valence-electron chi connectivity index (χ4n) is 2.52. The number of pyridine rings is 1. The Balaban J connectivity index is 1.64. The Morgan fingerprint density at radius 3 is 2.88 bits per heavy atom. The third-order valence-electron chi connectivity index (χ3n) is 3.62. The van der Waals surface area contributed by atoms with E-state index >= 15 is 0 Å². The standard InChI is InChI=1S/C16H12N4O3S/c21-13-12(15(23)20-8-4-3-7-11(20)18-13)14(22)19-16-17-9-5-1-2-6-10(9)24-16/h1-8,16-17,21H,(H,19,22). The molecule has 1 aliphatic rings. The van der Waals surface area contributed by atoms with Crippen LogP contribution in [-0.4, -0.2) is 25.9 Å². The van der Waals surface area contributed by atoms with Crippen molar-refractivity contribution >= 4 is 29.0 Å². The molecule has 3 aromatic rings. The summed E-state index contributed by atoms with van der Waals surface area (Å²) in [6.07, 6.45) is 1.50. The van der Waals surface area contributed by atoms with Crippen LogP contribution in [0.15, 0.2) is 58.4 Å². The van der Waals surface area contributed by atoms with Gasteiger partial charge in [0.15, 0.2) is 11.1 Å². The lowest BCUT2D eigenvalue weighted by atomic mass is 10.3. The number of aromatic hydroxyl groups is 1. The molecule has 1 atom stereocenters. The number of benzene rings is 1. The van der Waals surface area contributed by atoms with Crippen LogP contribution in [0.2, 0.25) is 0 Å². The highest BCUT2D eigenvalue weighted by atomic mass is 32.2. The van der Waals surface area contributed by atoms with Crippen molar-refractivity contribution in [3.63, 3.8) is 0 Å². The molecular weight excluding hydrogens is 328 g/mol. The number of carbonyl (C=O) groups is 1. The van der Waals surface area contributed by atoms with E-state index in [0.29, 0.717) is 0 Å². The molecule has 1 aliphatic heterocycles. The van der Waals surface area contributed by atoms with Gasteiger partial charge < -0.3 is 15.7 Å². The van der Waals surface area contributed by atoms with Crippen molar-refractivity contribution in [3.05, 3.63) is 64.6 Å². The normalized spacial score (nSPS) is 15.8. The van der Waals surface area contributed by atoms with Crippen LogP contribution < -0.4 is 16.2 Å². The fourth-order valence-corrected chi connectivity index (χ4v) is 3.54. The third kappa shape index (κ3) is 2.37. The molecule has 24 heavy (non-hydrogen) atoms. The first-order valence-corrected chi connectivity index (χ1v) is 8.05. The van der Waals surface area contributed by atoms with Gasteiger partial charge in [-0.2, -0.15) is 4.98 Å². The summed E-state index contributed by atoms with van der Waals surface area (Å²) in [5.74, 6) is -1.26. The molecule has 3 N–H and O–H groups in total. The van der Waals surface area contributed by atoms with Gasteiger partial charge >= 0.3 is 0 Å². The van der Waals surface area contributed by atoms with Crippen LogP contribution in [0.4, 0.5) is 5.69 Å². The van der Waals surface area contributed by atoms with Gasteiger partial charge in [-0.05, 0) is 24.3 Å². The Morgan fingerprint density at radius 2 is 2.04 bits per heavy atom. The van der Waals surface area contributed by atoms with Crippen molar-refractivity contribution in [2.75, 3.05) is 5.32 Å². The number of amides is 1. The van der Waals surface area contributed by atoms with Gasteiger partial charge in [-0.15, -0.1) is 0 Å². The summed E-state index contributed by atoms with van der Waals surface area (Å²) < 4.78 is 1.22. The van der Waals surface area contributed by atoms with Crippen molar-refractivity contribution in [3.8, 4) is 5.88 Å². The number of nitrogens with zero attached hydrogens (tertiary/aromatic N) is 2. The van der Waals surface area contributed by atoms with Gasteiger partial charge in [-0.25, -0.2) is 0 Å². The van der Waals surface area contributed by atoms with E-state index < -0.39 is 22.8 Å². The van der Waals surface area contributed by atoms with Crippen molar-refractivity contribution in [2.45, 2.75) is 10.4 Å². The number of hydrogen-bond acceptors (Lipinski definition) is 6. The van der Waals surface area contributed by atoms with Crippen LogP contribution in [0, 0.1) is 0 Å². The van der Waals surface area contributed by atoms with E-state index in [1.54, 1.807) is 18.2 Å². The molecule has 7 nitrogen and oxygen atoms in total. The maximum atomic E-state index is 12.5. The minimum Gasteiger partial charge on any atom is -0.493 e. The summed E-state index contributed by atoms with van der Waals surface area (Å²) in [5.41, 5.74) is -0.235. The van der Waals surface area contributed by atoms with E-state index in [-0.39, 0.29) is 11.2 Å². The summed E-state index contributed by atoms with van der Waals surface area (Å²) in [4.78, 5) is 29.8. The Bertz CT molecular complexity index is 993. The molecule has 0 saturated heterocycles. The molecule has 0 aliphatic carbocycles. The van der Waals surface area contributed by atoms with E-state index in [1.807, 2.05) is 24.3 Å². The number of fused-ring (bicyclic) bond motifs is 2. The zero-order valence-electron chi connectivity index (χ0n) is 12.3. The van der Waals surface area contributed by atoms with Crippen LogP contribution >= 0.6 is 11.8 Å². The number of nitrogens with one attached hydrogen (secondary N) is 2. The minimum absolute atomic E-state index is 0.275. The Hall–Kier alpha value is -3.00. The van der Waals surface area contributed by atoms with Gasteiger partial charge in [0.05, 0.1) is 5.69 Å². The SMILES string of the molecule is O=C(NC1Nc2ccccc2S1)c1c(O)nc2ccccn2c1=O. The Kier molecular flexibility index (Phi) is 3.39. The lowest BCUT2D eigenvalue weighted by molar-refractivity contribution is 0.0947. The summed E-state index contributed by atoms with van der Waals surface area (Å²) in [6.45, 7) is 0. The largest absolute Gasteiger partial charge is 0.493 e. The van der Waals surface area contributed by atoms with Crippen molar-refractivity contribution in [1.82, 2.24) is 14.7 Å². The molecule has 1 unspecified atom stereocenters. The second-order valence-electron chi connectivity index (χ2n) is 5.16. The van der Waals surface area contributed by atoms with Crippen LogP contribution in [0.1, 0.15) is 10.4 Å². The minimum atomic E-state index is -0.680. The summed E-state index contributed by atoms with van der Waals surface area (Å²) in [6, 6.07) is 12.6. The third-order valence-corrected chi connectivity index (χ3v) is 4.70. The predicted molar refractivity (Wildman–Crippen MR) is 90.3 cm³/mol. The molecule has 2 aromatic heterocycles. The summed E-state index contributed by atoms with van der Waals surface area (Å²) in [5, 5.41) is 15.8.